The smallest absolute Gasteiger partial charge is 0.338 e. The lowest BCUT2D eigenvalue weighted by Crippen LogP contribution is -3.00. The molecular formula is C17H18BrNO4. The third-order valence-corrected chi connectivity index (χ3v) is 3.12. The summed E-state index contributed by atoms with van der Waals surface area (Å²) in [6.07, 6.45) is 3.37. The van der Waals surface area contributed by atoms with Gasteiger partial charge in [0.2, 0.25) is 12.3 Å². The van der Waals surface area contributed by atoms with Gasteiger partial charge in [-0.05, 0) is 19.1 Å². The maximum absolute atomic E-state index is 12.2. The Morgan fingerprint density at radius 2 is 1.78 bits per heavy atom. The van der Waals surface area contributed by atoms with Gasteiger partial charge in [-0.2, -0.15) is 4.57 Å². The van der Waals surface area contributed by atoms with Gasteiger partial charge in [-0.25, -0.2) is 4.79 Å². The van der Waals surface area contributed by atoms with Gasteiger partial charge < -0.3 is 26.5 Å². The van der Waals surface area contributed by atoms with E-state index in [-0.39, 0.29) is 35.3 Å². The van der Waals surface area contributed by atoms with Crippen molar-refractivity contribution in [2.24, 2.45) is 0 Å². The van der Waals surface area contributed by atoms with Crippen LogP contribution >= 0.6 is 0 Å². The Kier molecular flexibility index (Phi) is 7.41. The van der Waals surface area contributed by atoms with Crippen molar-refractivity contribution in [1.29, 1.82) is 0 Å². The minimum Gasteiger partial charge on any atom is -1.00 e. The first-order valence-electron chi connectivity index (χ1n) is 6.97. The van der Waals surface area contributed by atoms with Gasteiger partial charge in [0.25, 0.3) is 0 Å². The number of ether oxygens (including phenoxy) is 2. The summed E-state index contributed by atoms with van der Waals surface area (Å²) >= 11 is 0. The Bertz CT molecular complexity index is 671. The van der Waals surface area contributed by atoms with E-state index in [1.165, 1.54) is 0 Å². The van der Waals surface area contributed by atoms with Gasteiger partial charge in [-0.15, -0.1) is 0 Å². The molecule has 0 unspecified atom stereocenters. The highest BCUT2D eigenvalue weighted by atomic mass is 79.9. The number of ketones is 1. The molecule has 0 bridgehead atoms. The number of benzene rings is 1. The second-order valence-electron chi connectivity index (χ2n) is 4.63. The standard InChI is InChI=1S/C17H18NO4.BrH/c1-3-22-17(20)13-7-9-18(10-8-13)12-16(19)14-5-4-6-15(11-14)21-2;/h4-11H,3,12H2,1-2H3;1H/q+1;/p-1. The first-order chi connectivity index (χ1) is 10.6. The number of hydrogen-bond donors (Lipinski definition) is 0. The molecule has 6 heteroatoms. The average molecular weight is 380 g/mol. The predicted octanol–water partition coefficient (Wildman–Crippen LogP) is -0.954. The Labute approximate surface area is 145 Å². The molecule has 122 valence electrons. The van der Waals surface area contributed by atoms with Crippen molar-refractivity contribution in [3.8, 4) is 5.75 Å². The fourth-order valence-corrected chi connectivity index (χ4v) is 1.97. The number of hydrogen-bond acceptors (Lipinski definition) is 4. The first-order valence-corrected chi connectivity index (χ1v) is 6.97. The van der Waals surface area contributed by atoms with Gasteiger partial charge in [0, 0.05) is 17.7 Å². The summed E-state index contributed by atoms with van der Waals surface area (Å²) in [5, 5.41) is 0. The molecule has 0 aliphatic carbocycles. The third kappa shape index (κ3) is 5.17. The Morgan fingerprint density at radius 1 is 1.09 bits per heavy atom. The molecule has 0 atom stereocenters. The molecule has 0 N–H and O–H groups in total. The van der Waals surface area contributed by atoms with Gasteiger partial charge >= 0.3 is 5.97 Å². The van der Waals surface area contributed by atoms with Crippen molar-refractivity contribution >= 4 is 11.8 Å². The molecule has 0 amide bonds. The molecule has 0 spiro atoms. The Hall–Kier alpha value is -2.21. The zero-order chi connectivity index (χ0) is 15.9. The van der Waals surface area contributed by atoms with Crippen LogP contribution in [0.2, 0.25) is 0 Å². The highest BCUT2D eigenvalue weighted by Crippen LogP contribution is 2.13. The van der Waals surface area contributed by atoms with E-state index in [4.69, 9.17) is 9.47 Å². The first kappa shape index (κ1) is 18.8. The number of nitrogens with zero attached hydrogens (tertiary/aromatic N) is 1. The summed E-state index contributed by atoms with van der Waals surface area (Å²) in [5.74, 6) is 0.245. The summed E-state index contributed by atoms with van der Waals surface area (Å²) in [7, 11) is 1.56. The molecule has 2 aromatic rings. The van der Waals surface area contributed by atoms with Crippen LogP contribution in [0.15, 0.2) is 48.8 Å². The maximum Gasteiger partial charge on any atom is 0.338 e. The Morgan fingerprint density at radius 3 is 2.39 bits per heavy atom. The van der Waals surface area contributed by atoms with Gasteiger partial charge in [0.1, 0.15) is 5.75 Å². The minimum atomic E-state index is -0.367. The molecule has 0 aliphatic rings. The van der Waals surface area contributed by atoms with E-state index in [0.717, 1.165) is 0 Å². The SMILES string of the molecule is CCOC(=O)c1cc[n+](CC(=O)c2cccc(OC)c2)cc1.[Br-]. The van der Waals surface area contributed by atoms with E-state index in [1.807, 2.05) is 0 Å². The largest absolute Gasteiger partial charge is 1.00 e. The lowest BCUT2D eigenvalue weighted by molar-refractivity contribution is -0.683. The molecule has 1 aromatic heterocycles. The molecule has 5 nitrogen and oxygen atoms in total. The molecule has 1 heterocycles. The number of carbonyl (C=O) groups excluding carboxylic acids is 2. The summed E-state index contributed by atoms with van der Waals surface area (Å²) < 4.78 is 11.7. The van der Waals surface area contributed by atoms with Crippen LogP contribution in [0.1, 0.15) is 27.6 Å². The van der Waals surface area contributed by atoms with Crippen molar-refractivity contribution in [3.63, 3.8) is 0 Å². The van der Waals surface area contributed by atoms with Crippen molar-refractivity contribution < 1.29 is 40.6 Å². The predicted molar refractivity (Wildman–Crippen MR) is 79.9 cm³/mol. The second kappa shape index (κ2) is 9.05. The topological polar surface area (TPSA) is 56.5 Å². The van der Waals surface area contributed by atoms with Gasteiger partial charge in [0.05, 0.1) is 19.3 Å². The number of Topliss-reactive ketones (excluding diaryl/α,β-unsaturated/α-hetero) is 1. The van der Waals surface area contributed by atoms with Crippen LogP contribution in [-0.4, -0.2) is 25.5 Å². The molecule has 2 rings (SSSR count). The van der Waals surface area contributed by atoms with Crippen LogP contribution in [-0.2, 0) is 11.3 Å². The van der Waals surface area contributed by atoms with Crippen LogP contribution < -0.4 is 26.3 Å². The summed E-state index contributed by atoms with van der Waals surface area (Å²) in [6, 6.07) is 10.3. The third-order valence-electron chi connectivity index (χ3n) is 3.12. The lowest BCUT2D eigenvalue weighted by Gasteiger charge is -2.03. The van der Waals surface area contributed by atoms with Crippen molar-refractivity contribution in [3.05, 3.63) is 59.9 Å². The van der Waals surface area contributed by atoms with Gasteiger partial charge in [-0.3, -0.25) is 4.79 Å². The van der Waals surface area contributed by atoms with Crippen LogP contribution in [0, 0.1) is 0 Å². The fraction of sp³-hybridized carbons (Fsp3) is 0.235. The zero-order valence-electron chi connectivity index (χ0n) is 13.0. The zero-order valence-corrected chi connectivity index (χ0v) is 14.6. The number of esters is 1. The summed E-state index contributed by atoms with van der Waals surface area (Å²) in [5.41, 5.74) is 1.05. The maximum atomic E-state index is 12.2. The van der Waals surface area contributed by atoms with Crippen LogP contribution in [0.5, 0.6) is 5.75 Å². The van der Waals surface area contributed by atoms with E-state index in [1.54, 1.807) is 67.4 Å². The molecule has 1 aromatic carbocycles. The number of aromatic nitrogens is 1. The van der Waals surface area contributed by atoms with E-state index in [0.29, 0.717) is 23.5 Å². The van der Waals surface area contributed by atoms with E-state index in [2.05, 4.69) is 0 Å². The molecule has 0 saturated carbocycles. The van der Waals surface area contributed by atoms with E-state index >= 15 is 0 Å². The van der Waals surface area contributed by atoms with Crippen molar-refractivity contribution in [2.75, 3.05) is 13.7 Å². The number of methoxy groups -OCH3 is 1. The average Bonchev–Trinajstić information content (AvgIpc) is 2.55. The highest BCUT2D eigenvalue weighted by Gasteiger charge is 2.14. The summed E-state index contributed by atoms with van der Waals surface area (Å²) in [4.78, 5) is 23.8. The van der Waals surface area contributed by atoms with Gasteiger partial charge in [0.15, 0.2) is 12.4 Å². The highest BCUT2D eigenvalue weighted by molar-refractivity contribution is 5.95. The normalized spacial score (nSPS) is 9.65. The van der Waals surface area contributed by atoms with E-state index in [9.17, 15) is 9.59 Å². The van der Waals surface area contributed by atoms with Crippen LogP contribution in [0.4, 0.5) is 0 Å². The molecule has 0 aliphatic heterocycles. The van der Waals surface area contributed by atoms with E-state index < -0.39 is 0 Å². The number of carbonyl (C=O) groups is 2. The lowest BCUT2D eigenvalue weighted by atomic mass is 10.1. The molecule has 0 radical (unpaired) electrons. The monoisotopic (exact) mass is 379 g/mol. The minimum absolute atomic E-state index is 0. The quantitative estimate of drug-likeness (QED) is 0.368. The number of rotatable bonds is 6. The second-order valence-corrected chi connectivity index (χ2v) is 4.63. The fourth-order valence-electron chi connectivity index (χ4n) is 1.97. The molecular weight excluding hydrogens is 362 g/mol. The number of pyridine rings is 1. The number of halogens is 1. The van der Waals surface area contributed by atoms with Crippen molar-refractivity contribution in [1.82, 2.24) is 0 Å². The Balaban J connectivity index is 0.00000264. The van der Waals surface area contributed by atoms with Crippen LogP contribution in [0.25, 0.3) is 0 Å². The van der Waals surface area contributed by atoms with Crippen molar-refractivity contribution in [2.45, 2.75) is 13.5 Å². The summed E-state index contributed by atoms with van der Waals surface area (Å²) in [6.45, 7) is 2.28. The van der Waals surface area contributed by atoms with Gasteiger partial charge in [-0.1, -0.05) is 12.1 Å². The molecule has 23 heavy (non-hydrogen) atoms. The van der Waals surface area contributed by atoms with Crippen LogP contribution in [0.3, 0.4) is 0 Å². The molecule has 0 saturated heterocycles. The molecule has 0 fully saturated rings.